The van der Waals surface area contributed by atoms with E-state index in [4.69, 9.17) is 0 Å². The molecule has 82 valence electrons. The lowest BCUT2D eigenvalue weighted by Crippen LogP contribution is -2.37. The molecule has 2 heteroatoms. The molecule has 1 aromatic rings. The van der Waals surface area contributed by atoms with Gasteiger partial charge in [0.25, 0.3) is 0 Å². The molecule has 1 aromatic heterocycles. The fraction of sp³-hybridized carbons (Fsp3) is 0.615. The van der Waals surface area contributed by atoms with Crippen LogP contribution in [0, 0.1) is 0 Å². The van der Waals surface area contributed by atoms with E-state index in [-0.39, 0.29) is 0 Å². The minimum absolute atomic E-state index is 0.660. The van der Waals surface area contributed by atoms with Crippen LogP contribution in [0.2, 0.25) is 0 Å². The first-order valence-electron chi connectivity index (χ1n) is 6.05. The maximum absolute atomic E-state index is 4.23. The average Bonchev–Trinajstić information content (AvgIpc) is 2.31. The van der Waals surface area contributed by atoms with E-state index >= 15 is 0 Å². The third-order valence-corrected chi connectivity index (χ3v) is 3.34. The number of rotatable bonds is 3. The molecule has 0 aromatic carbocycles. The van der Waals surface area contributed by atoms with Crippen LogP contribution in [0.25, 0.3) is 0 Å². The second-order valence-corrected chi connectivity index (χ2v) is 4.34. The van der Waals surface area contributed by atoms with Crippen LogP contribution in [0.5, 0.6) is 0 Å². The molecular weight excluding hydrogens is 184 g/mol. The van der Waals surface area contributed by atoms with Crippen molar-refractivity contribution in [3.05, 3.63) is 30.1 Å². The lowest BCUT2D eigenvalue weighted by atomic mass is 9.80. The molecule has 0 radical (unpaired) electrons. The molecule has 1 aliphatic carbocycles. The highest BCUT2D eigenvalue weighted by Gasteiger charge is 2.25. The van der Waals surface area contributed by atoms with Gasteiger partial charge in [-0.05, 0) is 31.0 Å². The van der Waals surface area contributed by atoms with Crippen molar-refractivity contribution >= 4 is 0 Å². The molecule has 1 fully saturated rings. The van der Waals surface area contributed by atoms with Gasteiger partial charge >= 0.3 is 0 Å². The summed E-state index contributed by atoms with van der Waals surface area (Å²) >= 11 is 0. The molecule has 1 saturated carbocycles. The van der Waals surface area contributed by atoms with Crippen LogP contribution >= 0.6 is 0 Å². The predicted octanol–water partition coefficient (Wildman–Crippen LogP) is 2.72. The van der Waals surface area contributed by atoms with Crippen molar-refractivity contribution in [2.45, 2.75) is 44.6 Å². The normalized spacial score (nSPS) is 26.5. The molecule has 2 unspecified atom stereocenters. The van der Waals surface area contributed by atoms with E-state index in [1.165, 1.54) is 31.2 Å². The Morgan fingerprint density at radius 3 is 3.00 bits per heavy atom. The van der Waals surface area contributed by atoms with E-state index in [2.05, 4.69) is 23.3 Å². The Balaban J connectivity index is 2.11. The molecule has 0 spiro atoms. The first kappa shape index (κ1) is 10.6. The summed E-state index contributed by atoms with van der Waals surface area (Å²) in [6.45, 7) is 3.26. The van der Waals surface area contributed by atoms with Gasteiger partial charge in [-0.15, -0.1) is 0 Å². The van der Waals surface area contributed by atoms with Gasteiger partial charge in [0, 0.05) is 24.4 Å². The zero-order chi connectivity index (χ0) is 10.5. The Kier molecular flexibility index (Phi) is 3.73. The van der Waals surface area contributed by atoms with E-state index in [0.29, 0.717) is 12.0 Å². The van der Waals surface area contributed by atoms with E-state index in [0.717, 1.165) is 6.54 Å². The van der Waals surface area contributed by atoms with Crippen molar-refractivity contribution in [1.29, 1.82) is 0 Å². The summed E-state index contributed by atoms with van der Waals surface area (Å²) in [5, 5.41) is 3.61. The van der Waals surface area contributed by atoms with Gasteiger partial charge in [-0.3, -0.25) is 4.98 Å². The molecule has 2 atom stereocenters. The quantitative estimate of drug-likeness (QED) is 0.819. The summed E-state index contributed by atoms with van der Waals surface area (Å²) in [6, 6.07) is 4.92. The van der Waals surface area contributed by atoms with Gasteiger partial charge in [-0.1, -0.05) is 25.8 Å². The Hall–Kier alpha value is -0.890. The molecule has 0 amide bonds. The Morgan fingerprint density at radius 2 is 2.27 bits per heavy atom. The number of pyridine rings is 1. The lowest BCUT2D eigenvalue weighted by molar-refractivity contribution is 0.332. The average molecular weight is 204 g/mol. The zero-order valence-corrected chi connectivity index (χ0v) is 9.45. The molecule has 1 heterocycles. The van der Waals surface area contributed by atoms with Gasteiger partial charge in [0.05, 0.1) is 0 Å². The number of nitrogens with one attached hydrogen (secondary N) is 1. The van der Waals surface area contributed by atoms with Crippen molar-refractivity contribution in [3.8, 4) is 0 Å². The standard InChI is InChI=1S/C13H20N2/c1-2-15-13-8-4-3-7-12(13)11-6-5-9-14-10-11/h5-6,9-10,12-13,15H,2-4,7-8H2,1H3. The van der Waals surface area contributed by atoms with Gasteiger partial charge in [0.1, 0.15) is 0 Å². The maximum Gasteiger partial charge on any atom is 0.0303 e. The van der Waals surface area contributed by atoms with Crippen LogP contribution in [-0.4, -0.2) is 17.6 Å². The second-order valence-electron chi connectivity index (χ2n) is 4.34. The second kappa shape index (κ2) is 5.26. The number of nitrogens with zero attached hydrogens (tertiary/aromatic N) is 1. The van der Waals surface area contributed by atoms with Crippen molar-refractivity contribution in [2.24, 2.45) is 0 Å². The Morgan fingerprint density at radius 1 is 1.40 bits per heavy atom. The van der Waals surface area contributed by atoms with E-state index in [1.807, 2.05) is 18.5 Å². The SMILES string of the molecule is CCNC1CCCCC1c1cccnc1. The molecule has 0 saturated heterocycles. The van der Waals surface area contributed by atoms with Crippen LogP contribution < -0.4 is 5.32 Å². The lowest BCUT2D eigenvalue weighted by Gasteiger charge is -2.32. The summed E-state index contributed by atoms with van der Waals surface area (Å²) < 4.78 is 0. The highest BCUT2D eigenvalue weighted by molar-refractivity contribution is 5.17. The van der Waals surface area contributed by atoms with Crippen molar-refractivity contribution in [3.63, 3.8) is 0 Å². The third-order valence-electron chi connectivity index (χ3n) is 3.34. The number of likely N-dealkylation sites (N-methyl/N-ethyl adjacent to an activating group) is 1. The van der Waals surface area contributed by atoms with Crippen molar-refractivity contribution < 1.29 is 0 Å². The first-order valence-corrected chi connectivity index (χ1v) is 6.05. The molecular formula is C13H20N2. The zero-order valence-electron chi connectivity index (χ0n) is 9.45. The molecule has 0 aliphatic heterocycles. The van der Waals surface area contributed by atoms with Crippen molar-refractivity contribution in [2.75, 3.05) is 6.54 Å². The molecule has 15 heavy (non-hydrogen) atoms. The molecule has 1 N–H and O–H groups in total. The minimum atomic E-state index is 0.660. The van der Waals surface area contributed by atoms with Gasteiger partial charge in [0.15, 0.2) is 0 Å². The summed E-state index contributed by atoms with van der Waals surface area (Å²) in [4.78, 5) is 4.23. The Bertz CT molecular complexity index is 282. The number of hydrogen-bond acceptors (Lipinski definition) is 2. The Labute approximate surface area is 92.1 Å². The number of hydrogen-bond donors (Lipinski definition) is 1. The smallest absolute Gasteiger partial charge is 0.0303 e. The van der Waals surface area contributed by atoms with Crippen LogP contribution in [-0.2, 0) is 0 Å². The van der Waals surface area contributed by atoms with Gasteiger partial charge in [-0.2, -0.15) is 0 Å². The van der Waals surface area contributed by atoms with E-state index in [9.17, 15) is 0 Å². The van der Waals surface area contributed by atoms with Crippen LogP contribution in [0.4, 0.5) is 0 Å². The van der Waals surface area contributed by atoms with Gasteiger partial charge in [-0.25, -0.2) is 0 Å². The summed E-state index contributed by atoms with van der Waals surface area (Å²) in [6.07, 6.45) is 9.24. The van der Waals surface area contributed by atoms with Crippen LogP contribution in [0.1, 0.15) is 44.1 Å². The summed E-state index contributed by atoms with van der Waals surface area (Å²) in [5.74, 6) is 0.674. The van der Waals surface area contributed by atoms with E-state index in [1.54, 1.807) is 0 Å². The van der Waals surface area contributed by atoms with Gasteiger partial charge < -0.3 is 5.32 Å². The molecule has 1 aliphatic rings. The van der Waals surface area contributed by atoms with E-state index < -0.39 is 0 Å². The molecule has 2 rings (SSSR count). The molecule has 0 bridgehead atoms. The summed E-state index contributed by atoms with van der Waals surface area (Å²) in [7, 11) is 0. The maximum atomic E-state index is 4.23. The number of aromatic nitrogens is 1. The highest BCUT2D eigenvalue weighted by Crippen LogP contribution is 2.32. The monoisotopic (exact) mass is 204 g/mol. The highest BCUT2D eigenvalue weighted by atomic mass is 14.9. The largest absolute Gasteiger partial charge is 0.314 e. The van der Waals surface area contributed by atoms with Crippen LogP contribution in [0.3, 0.4) is 0 Å². The third kappa shape index (κ3) is 2.57. The molecule has 2 nitrogen and oxygen atoms in total. The predicted molar refractivity (Wildman–Crippen MR) is 62.9 cm³/mol. The van der Waals surface area contributed by atoms with Crippen molar-refractivity contribution in [1.82, 2.24) is 10.3 Å². The van der Waals surface area contributed by atoms with Gasteiger partial charge in [0.2, 0.25) is 0 Å². The first-order chi connectivity index (χ1) is 7.42. The fourth-order valence-corrected chi connectivity index (χ4v) is 2.63. The minimum Gasteiger partial charge on any atom is -0.314 e. The summed E-state index contributed by atoms with van der Waals surface area (Å²) in [5.41, 5.74) is 1.41. The fourth-order valence-electron chi connectivity index (χ4n) is 2.63. The topological polar surface area (TPSA) is 24.9 Å². The van der Waals surface area contributed by atoms with Crippen LogP contribution in [0.15, 0.2) is 24.5 Å².